The minimum atomic E-state index is -3.16. The molecule has 1 heterocycles. The highest BCUT2D eigenvalue weighted by molar-refractivity contribution is 7.90. The van der Waals surface area contributed by atoms with Gasteiger partial charge < -0.3 is 15.8 Å². The van der Waals surface area contributed by atoms with Crippen molar-refractivity contribution in [1.82, 2.24) is 10.2 Å². The van der Waals surface area contributed by atoms with Crippen LogP contribution in [-0.4, -0.2) is 64.9 Å². The highest BCUT2D eigenvalue weighted by Crippen LogP contribution is 2.10. The first-order chi connectivity index (χ1) is 11.4. The van der Waals surface area contributed by atoms with Crippen LogP contribution in [0.25, 0.3) is 0 Å². The summed E-state index contributed by atoms with van der Waals surface area (Å²) in [5.41, 5.74) is 6.77. The summed E-state index contributed by atoms with van der Waals surface area (Å²) in [6.45, 7) is 5.84. The third-order valence-corrected chi connectivity index (χ3v) is 4.97. The van der Waals surface area contributed by atoms with Crippen molar-refractivity contribution in [1.29, 1.82) is 0 Å². The Morgan fingerprint density at radius 1 is 1.29 bits per heavy atom. The van der Waals surface area contributed by atoms with Crippen LogP contribution in [0, 0.1) is 0 Å². The number of hydrogen-bond donors (Lipinski definition) is 2. The van der Waals surface area contributed by atoms with E-state index in [0.29, 0.717) is 17.4 Å². The van der Waals surface area contributed by atoms with E-state index in [2.05, 4.69) is 15.2 Å². The zero-order chi connectivity index (χ0) is 17.4. The van der Waals surface area contributed by atoms with Crippen LogP contribution >= 0.6 is 0 Å². The van der Waals surface area contributed by atoms with E-state index in [1.165, 1.54) is 6.26 Å². The summed E-state index contributed by atoms with van der Waals surface area (Å²) in [4.78, 5) is 6.96. The van der Waals surface area contributed by atoms with E-state index >= 15 is 0 Å². The van der Waals surface area contributed by atoms with E-state index in [-0.39, 0.29) is 0 Å². The third-order valence-electron chi connectivity index (χ3n) is 3.84. The van der Waals surface area contributed by atoms with Crippen LogP contribution < -0.4 is 11.1 Å². The summed E-state index contributed by atoms with van der Waals surface area (Å²) in [5, 5.41) is 3.10. The molecule has 3 N–H and O–H groups in total. The van der Waals surface area contributed by atoms with Gasteiger partial charge in [-0.25, -0.2) is 13.4 Å². The Morgan fingerprint density at radius 3 is 2.58 bits per heavy atom. The molecule has 0 spiro atoms. The molecule has 0 radical (unpaired) electrons. The Bertz CT molecular complexity index is 638. The lowest BCUT2D eigenvalue weighted by Crippen LogP contribution is -2.39. The van der Waals surface area contributed by atoms with E-state index < -0.39 is 9.84 Å². The van der Waals surface area contributed by atoms with Gasteiger partial charge in [0.25, 0.3) is 0 Å². The van der Waals surface area contributed by atoms with Gasteiger partial charge in [-0.2, -0.15) is 0 Å². The summed E-state index contributed by atoms with van der Waals surface area (Å²) in [6, 6.07) is 6.69. The average molecular weight is 354 g/mol. The molecule has 1 aliphatic heterocycles. The van der Waals surface area contributed by atoms with Crippen molar-refractivity contribution >= 4 is 15.8 Å². The number of guanidine groups is 1. The van der Waals surface area contributed by atoms with E-state index in [4.69, 9.17) is 10.5 Å². The molecule has 7 nitrogen and oxygen atoms in total. The maximum Gasteiger partial charge on any atom is 0.188 e. The lowest BCUT2D eigenvalue weighted by atomic mass is 10.2. The lowest BCUT2D eigenvalue weighted by Gasteiger charge is -2.26. The number of nitrogens with one attached hydrogen (secondary N) is 1. The Labute approximate surface area is 143 Å². The van der Waals surface area contributed by atoms with Crippen LogP contribution in [0.4, 0.5) is 0 Å². The largest absolute Gasteiger partial charge is 0.379 e. The third kappa shape index (κ3) is 6.46. The first kappa shape index (κ1) is 18.7. The molecule has 134 valence electrons. The molecule has 0 aliphatic carbocycles. The smallest absolute Gasteiger partial charge is 0.188 e. The number of ether oxygens (including phenoxy) is 1. The highest BCUT2D eigenvalue weighted by atomic mass is 32.2. The molecule has 1 saturated heterocycles. The van der Waals surface area contributed by atoms with Crippen LogP contribution in [0.15, 0.2) is 34.2 Å². The molecule has 1 aromatic rings. The Balaban J connectivity index is 1.69. The molecule has 2 rings (SSSR count). The molecule has 1 fully saturated rings. The van der Waals surface area contributed by atoms with Crippen LogP contribution in [0.2, 0.25) is 0 Å². The van der Waals surface area contributed by atoms with Crippen molar-refractivity contribution in [2.75, 3.05) is 45.6 Å². The lowest BCUT2D eigenvalue weighted by molar-refractivity contribution is 0.0376. The van der Waals surface area contributed by atoms with Crippen LogP contribution in [-0.2, 0) is 21.1 Å². The van der Waals surface area contributed by atoms with Crippen LogP contribution in [0.5, 0.6) is 0 Å². The molecule has 0 saturated carbocycles. The van der Waals surface area contributed by atoms with Gasteiger partial charge in [-0.15, -0.1) is 0 Å². The fraction of sp³-hybridized carbons (Fsp3) is 0.562. The van der Waals surface area contributed by atoms with Gasteiger partial charge in [0.2, 0.25) is 0 Å². The minimum absolute atomic E-state index is 0.310. The fourth-order valence-corrected chi connectivity index (χ4v) is 3.05. The van der Waals surface area contributed by atoms with E-state index in [1.807, 2.05) is 0 Å². The maximum absolute atomic E-state index is 11.4. The van der Waals surface area contributed by atoms with Crippen molar-refractivity contribution in [3.63, 3.8) is 0 Å². The second kappa shape index (κ2) is 9.00. The molecule has 8 heteroatoms. The number of nitrogens with zero attached hydrogens (tertiary/aromatic N) is 2. The molecular formula is C16H26N4O3S. The molecule has 0 unspecified atom stereocenters. The molecular weight excluding hydrogens is 328 g/mol. The average Bonchev–Trinajstić information content (AvgIpc) is 2.57. The van der Waals surface area contributed by atoms with Gasteiger partial charge >= 0.3 is 0 Å². The van der Waals surface area contributed by atoms with Crippen molar-refractivity contribution in [3.05, 3.63) is 29.8 Å². The zero-order valence-electron chi connectivity index (χ0n) is 14.1. The SMILES string of the molecule is CS(=O)(=O)c1ccc(CN=C(N)NCCCN2CCOCC2)cc1. The van der Waals surface area contributed by atoms with E-state index in [1.54, 1.807) is 24.3 Å². The quantitative estimate of drug-likeness (QED) is 0.413. The van der Waals surface area contributed by atoms with Crippen molar-refractivity contribution in [3.8, 4) is 0 Å². The minimum Gasteiger partial charge on any atom is -0.379 e. The van der Waals surface area contributed by atoms with Gasteiger partial charge in [0.05, 0.1) is 24.7 Å². The molecule has 0 atom stereocenters. The zero-order valence-corrected chi connectivity index (χ0v) is 14.9. The van der Waals surface area contributed by atoms with Crippen LogP contribution in [0.3, 0.4) is 0 Å². The number of aliphatic imine (C=N–C) groups is 1. The Hall–Kier alpha value is -1.64. The predicted molar refractivity (Wildman–Crippen MR) is 94.8 cm³/mol. The van der Waals surface area contributed by atoms with Gasteiger partial charge in [0.1, 0.15) is 0 Å². The number of nitrogens with two attached hydrogens (primary N) is 1. The van der Waals surface area contributed by atoms with E-state index in [0.717, 1.165) is 51.4 Å². The topological polar surface area (TPSA) is 97.0 Å². The van der Waals surface area contributed by atoms with Gasteiger partial charge in [-0.05, 0) is 30.7 Å². The summed E-state index contributed by atoms with van der Waals surface area (Å²) in [5.74, 6) is 0.407. The highest BCUT2D eigenvalue weighted by Gasteiger charge is 2.09. The number of sulfone groups is 1. The van der Waals surface area contributed by atoms with Crippen LogP contribution in [0.1, 0.15) is 12.0 Å². The molecule has 0 amide bonds. The molecule has 1 aliphatic rings. The number of hydrogen-bond acceptors (Lipinski definition) is 5. The molecule has 24 heavy (non-hydrogen) atoms. The normalized spacial score (nSPS) is 17.0. The van der Waals surface area contributed by atoms with Gasteiger partial charge in [-0.1, -0.05) is 12.1 Å². The van der Waals surface area contributed by atoms with Gasteiger partial charge in [-0.3, -0.25) is 4.90 Å². The first-order valence-electron chi connectivity index (χ1n) is 8.08. The fourth-order valence-electron chi connectivity index (χ4n) is 2.42. The Kier molecular flexibility index (Phi) is 7.01. The summed E-state index contributed by atoms with van der Waals surface area (Å²) in [7, 11) is -3.16. The van der Waals surface area contributed by atoms with Crippen molar-refractivity contribution < 1.29 is 13.2 Å². The first-order valence-corrected chi connectivity index (χ1v) is 9.97. The monoisotopic (exact) mass is 354 g/mol. The molecule has 1 aromatic carbocycles. The standard InChI is InChI=1S/C16H26N4O3S/c1-24(21,22)15-5-3-14(4-6-15)13-19-16(17)18-7-2-8-20-9-11-23-12-10-20/h3-6H,2,7-13H2,1H3,(H3,17,18,19). The number of benzene rings is 1. The molecule has 0 aromatic heterocycles. The van der Waals surface area contributed by atoms with Crippen molar-refractivity contribution in [2.45, 2.75) is 17.9 Å². The number of morpholine rings is 1. The predicted octanol–water partition coefficient (Wildman–Crippen LogP) is 0.217. The maximum atomic E-state index is 11.4. The van der Waals surface area contributed by atoms with Gasteiger partial charge in [0, 0.05) is 25.9 Å². The van der Waals surface area contributed by atoms with E-state index in [9.17, 15) is 8.42 Å². The second-order valence-corrected chi connectivity index (χ2v) is 7.87. The Morgan fingerprint density at radius 2 is 1.96 bits per heavy atom. The molecule has 0 bridgehead atoms. The summed E-state index contributed by atoms with van der Waals surface area (Å²) < 4.78 is 28.1. The second-order valence-electron chi connectivity index (χ2n) is 5.85. The van der Waals surface area contributed by atoms with Gasteiger partial charge in [0.15, 0.2) is 15.8 Å². The number of rotatable bonds is 7. The summed E-state index contributed by atoms with van der Waals surface area (Å²) in [6.07, 6.45) is 2.19. The summed E-state index contributed by atoms with van der Waals surface area (Å²) >= 11 is 0. The van der Waals surface area contributed by atoms with Crippen molar-refractivity contribution in [2.24, 2.45) is 10.7 Å².